The Morgan fingerprint density at radius 1 is 1.09 bits per heavy atom. The molecule has 1 aromatic heterocycles. The summed E-state index contributed by atoms with van der Waals surface area (Å²) in [5, 5.41) is 28.3. The van der Waals surface area contributed by atoms with Crippen molar-refractivity contribution in [3.8, 4) is 28.3 Å². The number of amides is 1. The molecule has 3 N–H and O–H groups in total. The molecule has 0 radical (unpaired) electrons. The lowest BCUT2D eigenvalue weighted by atomic mass is 9.89. The highest BCUT2D eigenvalue weighted by Crippen LogP contribution is 2.48. The number of carbonyl (C=O) groups excluding carboxylic acids is 1. The van der Waals surface area contributed by atoms with Crippen molar-refractivity contribution in [3.05, 3.63) is 70.8 Å². The molecule has 2 bridgehead atoms. The zero-order valence-electron chi connectivity index (χ0n) is 24.0. The fourth-order valence-electron chi connectivity index (χ4n) is 6.99. The van der Waals surface area contributed by atoms with Gasteiger partial charge in [0, 0.05) is 34.8 Å². The van der Waals surface area contributed by atoms with Gasteiger partial charge in [0.2, 0.25) is 0 Å². The van der Waals surface area contributed by atoms with E-state index < -0.39 is 17.2 Å². The van der Waals surface area contributed by atoms with Crippen LogP contribution in [0.1, 0.15) is 73.4 Å². The summed E-state index contributed by atoms with van der Waals surface area (Å²) in [6.07, 6.45) is 4.20. The fourth-order valence-corrected chi connectivity index (χ4v) is 6.99. The molecular formula is C33H32F2N6O2. The molecule has 4 aromatic rings. The van der Waals surface area contributed by atoms with Crippen LogP contribution in [0, 0.1) is 23.0 Å². The van der Waals surface area contributed by atoms with Gasteiger partial charge in [-0.15, -0.1) is 5.10 Å². The number of benzene rings is 3. The maximum Gasteiger partial charge on any atom is 0.254 e. The summed E-state index contributed by atoms with van der Waals surface area (Å²) in [4.78, 5) is 15.7. The second kappa shape index (κ2) is 9.93. The molecule has 1 aliphatic carbocycles. The van der Waals surface area contributed by atoms with E-state index in [0.717, 1.165) is 32.1 Å². The summed E-state index contributed by atoms with van der Waals surface area (Å²) < 4.78 is 33.1. The highest BCUT2D eigenvalue weighted by molar-refractivity contribution is 5.99. The Morgan fingerprint density at radius 2 is 1.88 bits per heavy atom. The van der Waals surface area contributed by atoms with Gasteiger partial charge in [-0.2, -0.15) is 5.26 Å². The lowest BCUT2D eigenvalue weighted by molar-refractivity contribution is 0.0584. The molecular weight excluding hydrogens is 550 g/mol. The summed E-state index contributed by atoms with van der Waals surface area (Å²) in [6, 6.07) is 12.8. The molecule has 3 fully saturated rings. The Kier molecular flexibility index (Phi) is 6.38. The second-order valence-corrected chi connectivity index (χ2v) is 12.8. The monoisotopic (exact) mass is 582 g/mol. The lowest BCUT2D eigenvalue weighted by Crippen LogP contribution is -2.40. The van der Waals surface area contributed by atoms with Gasteiger partial charge in [-0.1, -0.05) is 17.3 Å². The van der Waals surface area contributed by atoms with Crippen LogP contribution in [-0.2, 0) is 6.54 Å². The predicted octanol–water partition coefficient (Wildman–Crippen LogP) is 5.27. The molecule has 1 saturated carbocycles. The number of hydrogen-bond donors (Lipinski definition) is 2. The van der Waals surface area contributed by atoms with Gasteiger partial charge >= 0.3 is 0 Å². The fraction of sp³-hybridized carbons (Fsp3) is 0.394. The molecule has 3 aliphatic rings. The van der Waals surface area contributed by atoms with Crippen molar-refractivity contribution < 1.29 is 18.7 Å². The summed E-state index contributed by atoms with van der Waals surface area (Å²) in [5.41, 5.74) is 8.71. The quantitative estimate of drug-likeness (QED) is 0.320. The third kappa shape index (κ3) is 4.67. The van der Waals surface area contributed by atoms with Crippen LogP contribution < -0.4 is 5.73 Å². The van der Waals surface area contributed by atoms with Crippen molar-refractivity contribution in [3.63, 3.8) is 0 Å². The number of rotatable bonds is 6. The first-order valence-corrected chi connectivity index (χ1v) is 14.7. The average molecular weight is 583 g/mol. The van der Waals surface area contributed by atoms with Gasteiger partial charge in [-0.3, -0.25) is 4.79 Å². The zero-order valence-corrected chi connectivity index (χ0v) is 24.0. The van der Waals surface area contributed by atoms with Gasteiger partial charge in [0.15, 0.2) is 0 Å². The zero-order chi connectivity index (χ0) is 30.2. The van der Waals surface area contributed by atoms with Gasteiger partial charge in [0.05, 0.1) is 23.2 Å². The molecule has 7 rings (SSSR count). The minimum Gasteiger partial charge on any atom is -0.389 e. The largest absolute Gasteiger partial charge is 0.389 e. The maximum atomic E-state index is 16.7. The predicted molar refractivity (Wildman–Crippen MR) is 157 cm³/mol. The topological polar surface area (TPSA) is 121 Å². The van der Waals surface area contributed by atoms with E-state index in [9.17, 15) is 19.6 Å². The van der Waals surface area contributed by atoms with Crippen molar-refractivity contribution in [2.24, 2.45) is 5.73 Å². The standard InChI is InChI=1S/C33H32F2N6O2/c1-33(2,43)16-40-31-27(38-39-40)14-24(30(35)29(31)17-3-4-17)22-9-7-19(32(42)41-21-8-10-28(41)26(37)13-21)11-23(22)18-5-6-20(15-36)25(34)12-18/h5-7,9,11-12,14,17,21,26,28,43H,3-4,8,10,13,16,37H2,1-2H3/t21-,26+,28+/m0/s1. The molecule has 0 spiro atoms. The average Bonchev–Trinajstić information content (AvgIpc) is 3.50. The molecule has 3 heterocycles. The van der Waals surface area contributed by atoms with E-state index in [-0.39, 0.29) is 47.6 Å². The lowest BCUT2D eigenvalue weighted by Gasteiger charge is -2.24. The molecule has 3 aromatic carbocycles. The number of aliphatic hydroxyl groups is 1. The first-order valence-electron chi connectivity index (χ1n) is 14.7. The Balaban J connectivity index is 1.41. The number of hydrogen-bond acceptors (Lipinski definition) is 6. The SMILES string of the molecule is CC(C)(O)Cn1nnc2cc(-c3ccc(C(=O)N4[C@H]5CC[C@@H]4[C@H](N)C5)cc3-c3ccc(C#N)c(F)c3)c(F)c(C3CC3)c21. The molecule has 2 aliphatic heterocycles. The molecule has 2 saturated heterocycles. The number of carbonyl (C=O) groups is 1. The van der Waals surface area contributed by atoms with Gasteiger partial charge < -0.3 is 15.7 Å². The molecule has 220 valence electrons. The summed E-state index contributed by atoms with van der Waals surface area (Å²) in [6.45, 7) is 3.47. The normalized spacial score (nSPS) is 21.5. The highest BCUT2D eigenvalue weighted by atomic mass is 19.1. The summed E-state index contributed by atoms with van der Waals surface area (Å²) in [7, 11) is 0. The molecule has 43 heavy (non-hydrogen) atoms. The van der Waals surface area contributed by atoms with Crippen molar-refractivity contribution >= 4 is 16.9 Å². The van der Waals surface area contributed by atoms with Crippen molar-refractivity contribution in [2.75, 3.05) is 0 Å². The third-order valence-corrected chi connectivity index (χ3v) is 9.07. The Morgan fingerprint density at radius 3 is 2.51 bits per heavy atom. The van der Waals surface area contributed by atoms with E-state index in [1.165, 1.54) is 12.1 Å². The van der Waals surface area contributed by atoms with E-state index in [0.29, 0.717) is 38.9 Å². The molecule has 8 nitrogen and oxygen atoms in total. The Bertz CT molecular complexity index is 1830. The van der Waals surface area contributed by atoms with Gasteiger partial charge in [-0.05, 0) is 98.9 Å². The number of aromatic nitrogens is 3. The van der Waals surface area contributed by atoms with Crippen LogP contribution in [0.2, 0.25) is 0 Å². The van der Waals surface area contributed by atoms with Gasteiger partial charge in [0.1, 0.15) is 23.2 Å². The molecule has 3 atom stereocenters. The molecule has 10 heteroatoms. The summed E-state index contributed by atoms with van der Waals surface area (Å²) in [5.74, 6) is -1.28. The van der Waals surface area contributed by atoms with Crippen LogP contribution in [0.4, 0.5) is 8.78 Å². The molecule has 0 unspecified atom stereocenters. The van der Waals surface area contributed by atoms with Crippen molar-refractivity contribution in [1.29, 1.82) is 5.26 Å². The van der Waals surface area contributed by atoms with E-state index >= 15 is 4.39 Å². The number of fused-ring (bicyclic) bond motifs is 3. The first-order chi connectivity index (χ1) is 20.5. The van der Waals surface area contributed by atoms with E-state index in [4.69, 9.17) is 5.73 Å². The van der Waals surface area contributed by atoms with Crippen LogP contribution in [0.15, 0.2) is 42.5 Å². The van der Waals surface area contributed by atoms with Gasteiger partial charge in [-0.25, -0.2) is 13.5 Å². The van der Waals surface area contributed by atoms with E-state index in [1.807, 2.05) is 11.0 Å². The number of nitrogens with two attached hydrogens (primary N) is 1. The second-order valence-electron chi connectivity index (χ2n) is 12.8. The maximum absolute atomic E-state index is 16.7. The summed E-state index contributed by atoms with van der Waals surface area (Å²) >= 11 is 0. The number of nitriles is 1. The van der Waals surface area contributed by atoms with Crippen LogP contribution in [0.3, 0.4) is 0 Å². The smallest absolute Gasteiger partial charge is 0.254 e. The number of nitrogens with zero attached hydrogens (tertiary/aromatic N) is 5. The van der Waals surface area contributed by atoms with Crippen LogP contribution in [-0.4, -0.2) is 54.6 Å². The van der Waals surface area contributed by atoms with Crippen LogP contribution >= 0.6 is 0 Å². The minimum atomic E-state index is -1.08. The van der Waals surface area contributed by atoms with Crippen molar-refractivity contribution in [1.82, 2.24) is 19.9 Å². The van der Waals surface area contributed by atoms with Gasteiger partial charge in [0.25, 0.3) is 5.91 Å². The van der Waals surface area contributed by atoms with Crippen LogP contribution in [0.25, 0.3) is 33.3 Å². The minimum absolute atomic E-state index is 0.00647. The Labute approximate surface area is 247 Å². The van der Waals surface area contributed by atoms with Crippen molar-refractivity contribution in [2.45, 2.75) is 82.1 Å². The van der Waals surface area contributed by atoms with E-state index in [1.54, 1.807) is 48.9 Å². The van der Waals surface area contributed by atoms with E-state index in [2.05, 4.69) is 10.3 Å². The van der Waals surface area contributed by atoms with Crippen LogP contribution in [0.5, 0.6) is 0 Å². The molecule has 1 amide bonds. The Hall–Kier alpha value is -4.20. The first kappa shape index (κ1) is 27.6. The number of halogens is 2. The highest BCUT2D eigenvalue weighted by Gasteiger charge is 2.47. The third-order valence-electron chi connectivity index (χ3n) is 9.07.